The van der Waals surface area contributed by atoms with Gasteiger partial charge in [0, 0.05) is 54.7 Å². The molecule has 1 aliphatic carbocycles. The van der Waals surface area contributed by atoms with Crippen molar-refractivity contribution in [3.63, 3.8) is 0 Å². The average molecular weight is 754 g/mol. The number of aliphatic imine (C=N–C) groups is 1. The molecule has 276 valence electrons. The molecule has 7 aromatic carbocycles. The molecule has 2 atom stereocenters. The molecule has 0 spiro atoms. The highest BCUT2D eigenvalue weighted by Crippen LogP contribution is 2.45. The summed E-state index contributed by atoms with van der Waals surface area (Å²) in [5.74, 6) is 0. The standard InChI is InChI=1S/C53H43N3S/c1-53(32-30-40(31-33-53)52(54-35-37-16-6-3-7-17-37)55(2)36-38-18-8-4-9-19-38)56-48-27-13-12-22-44(48)47-34-41(28-29-49(47)56)43-24-15-26-46-45-25-14-23-42(50(45)57-51(43)46)39-20-10-5-11-21-39/h3-32,34-35,52H,33,36H2,1-2H3/b54-35+. The average Bonchev–Trinajstić information content (AvgIpc) is 3.82. The second-order valence-electron chi connectivity index (χ2n) is 15.5. The van der Waals surface area contributed by atoms with Crippen LogP contribution in [0.3, 0.4) is 0 Å². The first kappa shape index (κ1) is 35.1. The number of likely N-dealkylation sites (N-methyl/N-ethyl adjacent to an activating group) is 1. The third-order valence-electron chi connectivity index (χ3n) is 11.6. The molecule has 2 unspecified atom stereocenters. The Morgan fingerprint density at radius 3 is 1.96 bits per heavy atom. The molecule has 0 radical (unpaired) electrons. The molecule has 1 aliphatic rings. The molecule has 10 rings (SSSR count). The normalized spacial score (nSPS) is 16.4. The molecular weight excluding hydrogens is 711 g/mol. The summed E-state index contributed by atoms with van der Waals surface area (Å²) in [5.41, 5.74) is 10.9. The molecule has 2 aromatic heterocycles. The van der Waals surface area contributed by atoms with Crippen molar-refractivity contribution in [2.75, 3.05) is 7.05 Å². The number of allylic oxidation sites excluding steroid dienone is 2. The summed E-state index contributed by atoms with van der Waals surface area (Å²) < 4.78 is 5.24. The smallest absolute Gasteiger partial charge is 0.127 e. The predicted octanol–water partition coefficient (Wildman–Crippen LogP) is 13.7. The Morgan fingerprint density at radius 1 is 0.649 bits per heavy atom. The SMILES string of the molecule is CN(Cc1ccccc1)C(/N=C/c1ccccc1)C1=CCC(C)(n2c3ccccc3c3cc(-c4cccc5c4sc4c(-c6ccccc6)cccc45)ccc32)C=C1. The molecular formula is C53H43N3S. The number of hydrogen-bond acceptors (Lipinski definition) is 3. The fraction of sp³-hybridized carbons (Fsp3) is 0.113. The summed E-state index contributed by atoms with van der Waals surface area (Å²) >= 11 is 1.91. The molecule has 0 aliphatic heterocycles. The van der Waals surface area contributed by atoms with Gasteiger partial charge >= 0.3 is 0 Å². The van der Waals surface area contributed by atoms with Crippen LogP contribution in [0.15, 0.2) is 199 Å². The van der Waals surface area contributed by atoms with Crippen molar-refractivity contribution in [1.82, 2.24) is 9.47 Å². The van der Waals surface area contributed by atoms with Gasteiger partial charge < -0.3 is 4.57 Å². The molecule has 0 amide bonds. The number of rotatable bonds is 9. The first-order chi connectivity index (χ1) is 28.0. The van der Waals surface area contributed by atoms with Gasteiger partial charge in [0.15, 0.2) is 0 Å². The van der Waals surface area contributed by atoms with Gasteiger partial charge in [-0.15, -0.1) is 11.3 Å². The van der Waals surface area contributed by atoms with E-state index in [2.05, 4.69) is 205 Å². The lowest BCUT2D eigenvalue weighted by atomic mass is 9.88. The summed E-state index contributed by atoms with van der Waals surface area (Å²) in [6.07, 6.45) is 9.89. The number of hydrogen-bond donors (Lipinski definition) is 0. The summed E-state index contributed by atoms with van der Waals surface area (Å²) in [7, 11) is 2.18. The lowest BCUT2D eigenvalue weighted by molar-refractivity contribution is 0.271. The number of aromatic nitrogens is 1. The molecule has 0 N–H and O–H groups in total. The Hall–Kier alpha value is -6.33. The molecule has 0 saturated heterocycles. The van der Waals surface area contributed by atoms with Gasteiger partial charge in [-0.2, -0.15) is 0 Å². The summed E-state index contributed by atoms with van der Waals surface area (Å²) in [5, 5.41) is 5.20. The zero-order valence-corrected chi connectivity index (χ0v) is 33.0. The van der Waals surface area contributed by atoms with Gasteiger partial charge in [0.05, 0.1) is 5.54 Å². The highest BCUT2D eigenvalue weighted by Gasteiger charge is 2.31. The van der Waals surface area contributed by atoms with Crippen LogP contribution in [0.5, 0.6) is 0 Å². The van der Waals surface area contributed by atoms with Crippen LogP contribution in [-0.4, -0.2) is 28.9 Å². The van der Waals surface area contributed by atoms with E-state index in [1.54, 1.807) is 0 Å². The van der Waals surface area contributed by atoms with Crippen molar-refractivity contribution in [1.29, 1.82) is 0 Å². The fourth-order valence-corrected chi connectivity index (χ4v) is 10.2. The van der Waals surface area contributed by atoms with Crippen LogP contribution in [0.4, 0.5) is 0 Å². The quantitative estimate of drug-likeness (QED) is 0.134. The van der Waals surface area contributed by atoms with E-state index in [1.165, 1.54) is 75.4 Å². The van der Waals surface area contributed by atoms with Gasteiger partial charge in [-0.1, -0.05) is 170 Å². The minimum absolute atomic E-state index is 0.118. The number of benzene rings is 7. The van der Waals surface area contributed by atoms with Crippen molar-refractivity contribution in [2.24, 2.45) is 4.99 Å². The van der Waals surface area contributed by atoms with Crippen LogP contribution in [0.1, 0.15) is 24.5 Å². The molecule has 4 heteroatoms. The van der Waals surface area contributed by atoms with Crippen molar-refractivity contribution in [3.05, 3.63) is 205 Å². The minimum atomic E-state index is -0.266. The van der Waals surface area contributed by atoms with E-state index in [4.69, 9.17) is 4.99 Å². The van der Waals surface area contributed by atoms with Crippen molar-refractivity contribution < 1.29 is 0 Å². The monoisotopic (exact) mass is 753 g/mol. The Labute approximate surface area is 338 Å². The van der Waals surface area contributed by atoms with E-state index in [0.717, 1.165) is 18.5 Å². The lowest BCUT2D eigenvalue weighted by Crippen LogP contribution is -2.34. The number of nitrogens with zero attached hydrogens (tertiary/aromatic N) is 3. The summed E-state index contributed by atoms with van der Waals surface area (Å²) in [6, 6.07) is 61.4. The van der Waals surface area contributed by atoms with Crippen molar-refractivity contribution in [2.45, 2.75) is 31.6 Å². The Morgan fingerprint density at radius 2 is 1.26 bits per heavy atom. The maximum atomic E-state index is 5.19. The van der Waals surface area contributed by atoms with Crippen LogP contribution < -0.4 is 0 Å². The topological polar surface area (TPSA) is 20.5 Å². The summed E-state index contributed by atoms with van der Waals surface area (Å²) in [4.78, 5) is 7.54. The molecule has 0 fully saturated rings. The van der Waals surface area contributed by atoms with Crippen LogP contribution in [-0.2, 0) is 12.1 Å². The zero-order chi connectivity index (χ0) is 38.3. The van der Waals surface area contributed by atoms with Gasteiger partial charge in [-0.05, 0) is 77.5 Å². The molecule has 0 bridgehead atoms. The Balaban J connectivity index is 1.03. The van der Waals surface area contributed by atoms with E-state index < -0.39 is 0 Å². The number of thiophene rings is 1. The van der Waals surface area contributed by atoms with Gasteiger partial charge in [-0.3, -0.25) is 9.89 Å². The molecule has 0 saturated carbocycles. The third kappa shape index (κ3) is 6.41. The van der Waals surface area contributed by atoms with E-state index in [9.17, 15) is 0 Å². The van der Waals surface area contributed by atoms with Gasteiger partial charge in [0.2, 0.25) is 0 Å². The second-order valence-corrected chi connectivity index (χ2v) is 16.5. The first-order valence-corrected chi connectivity index (χ1v) is 20.6. The molecule has 2 heterocycles. The van der Waals surface area contributed by atoms with E-state index in [0.29, 0.717) is 0 Å². The van der Waals surface area contributed by atoms with Gasteiger partial charge in [-0.25, -0.2) is 0 Å². The number of para-hydroxylation sites is 1. The van der Waals surface area contributed by atoms with Crippen LogP contribution in [0.2, 0.25) is 0 Å². The van der Waals surface area contributed by atoms with E-state index in [1.807, 2.05) is 23.6 Å². The van der Waals surface area contributed by atoms with Crippen molar-refractivity contribution >= 4 is 59.5 Å². The third-order valence-corrected chi connectivity index (χ3v) is 12.9. The fourth-order valence-electron chi connectivity index (χ4n) is 8.78. The molecule has 3 nitrogen and oxygen atoms in total. The largest absolute Gasteiger partial charge is 0.331 e. The van der Waals surface area contributed by atoms with E-state index in [-0.39, 0.29) is 11.7 Å². The van der Waals surface area contributed by atoms with Crippen LogP contribution in [0.25, 0.3) is 64.2 Å². The van der Waals surface area contributed by atoms with Crippen molar-refractivity contribution in [3.8, 4) is 22.3 Å². The lowest BCUT2D eigenvalue weighted by Gasteiger charge is -2.34. The van der Waals surface area contributed by atoms with Crippen LogP contribution >= 0.6 is 11.3 Å². The molecule has 57 heavy (non-hydrogen) atoms. The Kier molecular flexibility index (Phi) is 9.01. The van der Waals surface area contributed by atoms with Gasteiger partial charge in [0.1, 0.15) is 6.17 Å². The maximum Gasteiger partial charge on any atom is 0.127 e. The maximum absolute atomic E-state index is 5.19. The highest BCUT2D eigenvalue weighted by atomic mass is 32.1. The molecule has 9 aromatic rings. The zero-order valence-electron chi connectivity index (χ0n) is 32.2. The number of fused-ring (bicyclic) bond motifs is 6. The van der Waals surface area contributed by atoms with Gasteiger partial charge in [0.25, 0.3) is 0 Å². The Bertz CT molecular complexity index is 2990. The van der Waals surface area contributed by atoms with E-state index >= 15 is 0 Å². The summed E-state index contributed by atoms with van der Waals surface area (Å²) in [6.45, 7) is 3.17. The first-order valence-electron chi connectivity index (χ1n) is 19.8. The van der Waals surface area contributed by atoms with Crippen LogP contribution in [0, 0.1) is 0 Å². The predicted molar refractivity (Wildman–Crippen MR) is 244 cm³/mol. The second kappa shape index (κ2) is 14.6. The highest BCUT2D eigenvalue weighted by molar-refractivity contribution is 7.26. The minimum Gasteiger partial charge on any atom is -0.331 e.